The first-order chi connectivity index (χ1) is 7.83. The number of hydrogen-bond donors (Lipinski definition) is 1. The zero-order valence-electron chi connectivity index (χ0n) is 9.89. The van der Waals surface area contributed by atoms with Gasteiger partial charge in [-0.15, -0.1) is 0 Å². The predicted octanol–water partition coefficient (Wildman–Crippen LogP) is 0.604. The maximum atomic E-state index is 4.47. The van der Waals surface area contributed by atoms with Gasteiger partial charge in [0, 0.05) is 45.5 Å². The van der Waals surface area contributed by atoms with Crippen molar-refractivity contribution in [3.05, 3.63) is 18.0 Å². The molecule has 0 spiro atoms. The molecule has 1 aliphatic carbocycles. The van der Waals surface area contributed by atoms with Gasteiger partial charge >= 0.3 is 0 Å². The molecule has 1 atom stereocenters. The van der Waals surface area contributed by atoms with Gasteiger partial charge in [-0.1, -0.05) is 0 Å². The van der Waals surface area contributed by atoms with Crippen molar-refractivity contribution in [3.8, 4) is 0 Å². The third kappa shape index (κ3) is 2.13. The fourth-order valence-electron chi connectivity index (χ4n) is 2.67. The van der Waals surface area contributed by atoms with Crippen molar-refractivity contribution >= 4 is 0 Å². The van der Waals surface area contributed by atoms with E-state index in [1.807, 2.05) is 17.9 Å². The normalized spacial score (nSPS) is 27.2. The molecule has 0 radical (unpaired) electrons. The van der Waals surface area contributed by atoms with E-state index >= 15 is 0 Å². The quantitative estimate of drug-likeness (QED) is 0.810. The average Bonchev–Trinajstić information content (AvgIpc) is 3.04. The van der Waals surface area contributed by atoms with Crippen molar-refractivity contribution in [2.75, 3.05) is 19.6 Å². The molecular formula is C12H20N4. The summed E-state index contributed by atoms with van der Waals surface area (Å²) in [5, 5.41) is 7.98. The van der Waals surface area contributed by atoms with Gasteiger partial charge in [0.05, 0.1) is 5.69 Å². The van der Waals surface area contributed by atoms with E-state index in [4.69, 9.17) is 0 Å². The van der Waals surface area contributed by atoms with Crippen LogP contribution in [-0.4, -0.2) is 40.4 Å². The minimum atomic E-state index is 0.746. The Morgan fingerprint density at radius 3 is 3.06 bits per heavy atom. The van der Waals surface area contributed by atoms with E-state index in [1.54, 1.807) is 0 Å². The molecule has 2 aliphatic rings. The molecule has 0 amide bonds. The zero-order chi connectivity index (χ0) is 11.0. The largest absolute Gasteiger partial charge is 0.314 e. The number of nitrogens with zero attached hydrogens (tertiary/aromatic N) is 3. The maximum absolute atomic E-state index is 4.47. The van der Waals surface area contributed by atoms with E-state index in [1.165, 1.54) is 18.5 Å². The monoisotopic (exact) mass is 220 g/mol. The lowest BCUT2D eigenvalue weighted by molar-refractivity contribution is 0.134. The van der Waals surface area contributed by atoms with Crippen LogP contribution in [0.1, 0.15) is 18.5 Å². The van der Waals surface area contributed by atoms with Gasteiger partial charge in [0.25, 0.3) is 0 Å². The van der Waals surface area contributed by atoms with Crippen LogP contribution in [0.15, 0.2) is 12.3 Å². The molecule has 2 heterocycles. The van der Waals surface area contributed by atoms with E-state index in [0.717, 1.165) is 38.1 Å². The molecule has 88 valence electrons. The van der Waals surface area contributed by atoms with E-state index in [9.17, 15) is 0 Å². The number of nitrogens with one attached hydrogen (secondary N) is 1. The summed E-state index contributed by atoms with van der Waals surface area (Å²) < 4.78 is 1.89. The van der Waals surface area contributed by atoms with Crippen LogP contribution in [-0.2, 0) is 13.6 Å². The molecule has 1 aromatic rings. The van der Waals surface area contributed by atoms with Gasteiger partial charge in [-0.3, -0.25) is 9.58 Å². The van der Waals surface area contributed by atoms with Crippen LogP contribution < -0.4 is 5.32 Å². The van der Waals surface area contributed by atoms with Crippen molar-refractivity contribution in [3.63, 3.8) is 0 Å². The first-order valence-corrected chi connectivity index (χ1v) is 6.26. The molecule has 1 aliphatic heterocycles. The van der Waals surface area contributed by atoms with Crippen LogP contribution >= 0.6 is 0 Å². The van der Waals surface area contributed by atoms with E-state index in [-0.39, 0.29) is 0 Å². The number of rotatable bonds is 3. The Labute approximate surface area is 96.6 Å². The fraction of sp³-hybridized carbons (Fsp3) is 0.750. The van der Waals surface area contributed by atoms with Crippen molar-refractivity contribution < 1.29 is 0 Å². The smallest absolute Gasteiger partial charge is 0.0764 e. The Morgan fingerprint density at radius 1 is 1.50 bits per heavy atom. The van der Waals surface area contributed by atoms with Gasteiger partial charge in [-0.2, -0.15) is 5.10 Å². The Morgan fingerprint density at radius 2 is 2.38 bits per heavy atom. The minimum Gasteiger partial charge on any atom is -0.314 e. The third-order valence-electron chi connectivity index (χ3n) is 3.70. The highest BCUT2D eigenvalue weighted by atomic mass is 15.3. The van der Waals surface area contributed by atoms with E-state index in [2.05, 4.69) is 21.4 Å². The second-order valence-electron chi connectivity index (χ2n) is 5.06. The van der Waals surface area contributed by atoms with Gasteiger partial charge in [-0.25, -0.2) is 0 Å². The average molecular weight is 220 g/mol. The van der Waals surface area contributed by atoms with E-state index in [0.29, 0.717) is 0 Å². The molecule has 3 rings (SSSR count). The second kappa shape index (κ2) is 4.18. The zero-order valence-corrected chi connectivity index (χ0v) is 9.89. The number of aryl methyl sites for hydroxylation is 1. The summed E-state index contributed by atoms with van der Waals surface area (Å²) >= 11 is 0. The molecule has 0 aromatic carbocycles. The summed E-state index contributed by atoms with van der Waals surface area (Å²) in [7, 11) is 1.99. The Bertz CT molecular complexity index is 356. The van der Waals surface area contributed by atoms with Gasteiger partial charge in [0.15, 0.2) is 0 Å². The topological polar surface area (TPSA) is 33.1 Å². The lowest BCUT2D eigenvalue weighted by Gasteiger charge is -2.36. The minimum absolute atomic E-state index is 0.746. The Balaban J connectivity index is 1.67. The lowest BCUT2D eigenvalue weighted by atomic mass is 10.1. The highest BCUT2D eigenvalue weighted by molar-refractivity contribution is 5.01. The summed E-state index contributed by atoms with van der Waals surface area (Å²) in [6.07, 6.45) is 4.87. The second-order valence-corrected chi connectivity index (χ2v) is 5.06. The van der Waals surface area contributed by atoms with Crippen molar-refractivity contribution in [1.82, 2.24) is 20.0 Å². The number of aromatic nitrogens is 2. The summed E-state index contributed by atoms with van der Waals surface area (Å²) in [5.41, 5.74) is 1.20. The first kappa shape index (κ1) is 10.3. The molecule has 1 unspecified atom stereocenters. The van der Waals surface area contributed by atoms with Crippen LogP contribution in [0.2, 0.25) is 0 Å². The molecule has 1 aromatic heterocycles. The molecule has 16 heavy (non-hydrogen) atoms. The van der Waals surface area contributed by atoms with Crippen molar-refractivity contribution in [2.45, 2.75) is 25.4 Å². The van der Waals surface area contributed by atoms with E-state index < -0.39 is 0 Å². The summed E-state index contributed by atoms with van der Waals surface area (Å²) in [4.78, 5) is 2.61. The molecule has 4 nitrogen and oxygen atoms in total. The molecule has 1 N–H and O–H groups in total. The van der Waals surface area contributed by atoms with Crippen molar-refractivity contribution in [2.24, 2.45) is 13.0 Å². The standard InChI is InChI=1S/C12H20N4/c1-15-6-4-11(14-15)9-16-7-5-13-8-12(16)10-2-3-10/h4,6,10,12-13H,2-3,5,7-9H2,1H3. The number of hydrogen-bond acceptors (Lipinski definition) is 3. The first-order valence-electron chi connectivity index (χ1n) is 6.26. The fourth-order valence-corrected chi connectivity index (χ4v) is 2.67. The summed E-state index contributed by atoms with van der Waals surface area (Å²) in [5.74, 6) is 0.941. The van der Waals surface area contributed by atoms with Crippen LogP contribution in [0, 0.1) is 5.92 Å². The highest BCUT2D eigenvalue weighted by Gasteiger charge is 2.36. The molecular weight excluding hydrogens is 200 g/mol. The Hall–Kier alpha value is -0.870. The summed E-state index contributed by atoms with van der Waals surface area (Å²) in [6.45, 7) is 4.47. The van der Waals surface area contributed by atoms with Gasteiger partial charge in [0.1, 0.15) is 0 Å². The van der Waals surface area contributed by atoms with Crippen LogP contribution in [0.4, 0.5) is 0 Å². The third-order valence-corrected chi connectivity index (χ3v) is 3.70. The van der Waals surface area contributed by atoms with Crippen LogP contribution in [0.3, 0.4) is 0 Å². The maximum Gasteiger partial charge on any atom is 0.0764 e. The SMILES string of the molecule is Cn1ccc(CN2CCNCC2C2CC2)n1. The lowest BCUT2D eigenvalue weighted by Crippen LogP contribution is -2.51. The van der Waals surface area contributed by atoms with Gasteiger partial charge in [-0.05, 0) is 24.8 Å². The van der Waals surface area contributed by atoms with Crippen LogP contribution in [0.25, 0.3) is 0 Å². The number of piperazine rings is 1. The van der Waals surface area contributed by atoms with Crippen molar-refractivity contribution in [1.29, 1.82) is 0 Å². The highest BCUT2D eigenvalue weighted by Crippen LogP contribution is 2.36. The molecule has 1 saturated carbocycles. The predicted molar refractivity (Wildman–Crippen MR) is 63.0 cm³/mol. The molecule has 1 saturated heterocycles. The van der Waals surface area contributed by atoms with Gasteiger partial charge in [0.2, 0.25) is 0 Å². The Kier molecular flexibility index (Phi) is 2.69. The van der Waals surface area contributed by atoms with Crippen LogP contribution in [0.5, 0.6) is 0 Å². The summed E-state index contributed by atoms with van der Waals surface area (Å²) in [6, 6.07) is 2.88. The molecule has 2 fully saturated rings. The molecule has 4 heteroatoms. The molecule has 0 bridgehead atoms. The van der Waals surface area contributed by atoms with Gasteiger partial charge < -0.3 is 5.32 Å².